The van der Waals surface area contributed by atoms with Crippen molar-refractivity contribution in [3.63, 3.8) is 0 Å². The van der Waals surface area contributed by atoms with E-state index in [1.807, 2.05) is 6.07 Å². The lowest BCUT2D eigenvalue weighted by Crippen LogP contribution is -2.57. The summed E-state index contributed by atoms with van der Waals surface area (Å²) in [6.45, 7) is 4.13. The minimum Gasteiger partial charge on any atom is -0.467 e. The number of hydrogen-bond acceptors (Lipinski definition) is 7. The number of alkyl carbamates (subject to hydrolysis) is 1. The van der Waals surface area contributed by atoms with Crippen LogP contribution in [0.25, 0.3) is 0 Å². The third-order valence-electron chi connectivity index (χ3n) is 3.92. The molecule has 10 heteroatoms. The SMILES string of the molecule is COC(=O)[C@H](C)NC(=O)[C@H](C)NC(=O)[C@@H](NC(=O)OCc1ccccc1)[C@@H](C)O. The first-order valence-corrected chi connectivity index (χ1v) is 8.99. The number of aliphatic hydroxyl groups excluding tert-OH is 1. The van der Waals surface area contributed by atoms with Crippen molar-refractivity contribution in [1.29, 1.82) is 0 Å². The maximum Gasteiger partial charge on any atom is 0.408 e. The van der Waals surface area contributed by atoms with Gasteiger partial charge < -0.3 is 30.5 Å². The van der Waals surface area contributed by atoms with Crippen LogP contribution in [0.4, 0.5) is 4.79 Å². The summed E-state index contributed by atoms with van der Waals surface area (Å²) in [5.41, 5.74) is 0.755. The zero-order valence-corrected chi connectivity index (χ0v) is 16.8. The number of nitrogens with one attached hydrogen (secondary N) is 3. The van der Waals surface area contributed by atoms with Crippen LogP contribution in [-0.4, -0.2) is 60.3 Å². The van der Waals surface area contributed by atoms with Gasteiger partial charge in [-0.05, 0) is 26.3 Å². The first-order valence-electron chi connectivity index (χ1n) is 8.99. The van der Waals surface area contributed by atoms with E-state index in [0.29, 0.717) is 0 Å². The van der Waals surface area contributed by atoms with Crippen LogP contribution in [0, 0.1) is 0 Å². The molecule has 4 atom stereocenters. The fourth-order valence-electron chi connectivity index (χ4n) is 2.24. The van der Waals surface area contributed by atoms with E-state index in [-0.39, 0.29) is 6.61 Å². The zero-order chi connectivity index (χ0) is 22.0. The smallest absolute Gasteiger partial charge is 0.408 e. The molecule has 4 N–H and O–H groups in total. The largest absolute Gasteiger partial charge is 0.467 e. The van der Waals surface area contributed by atoms with Crippen LogP contribution < -0.4 is 16.0 Å². The molecule has 0 aliphatic carbocycles. The number of benzene rings is 1. The van der Waals surface area contributed by atoms with E-state index in [4.69, 9.17) is 4.74 Å². The second kappa shape index (κ2) is 11.6. The standard InChI is InChI=1S/C19H27N3O7/c1-11(16(24)21-12(2)18(26)28-4)20-17(25)15(13(3)23)22-19(27)29-10-14-8-6-5-7-9-14/h5-9,11-13,15,23H,10H2,1-4H3,(H,20,25)(H,21,24)(H,22,27)/t11-,12-,13+,15-/m0/s1. The Balaban J connectivity index is 2.59. The maximum atomic E-state index is 12.4. The van der Waals surface area contributed by atoms with Crippen LogP contribution in [0.1, 0.15) is 26.3 Å². The number of carbonyl (C=O) groups excluding carboxylic acids is 4. The second-order valence-electron chi connectivity index (χ2n) is 6.41. The van der Waals surface area contributed by atoms with Crippen molar-refractivity contribution in [1.82, 2.24) is 16.0 Å². The van der Waals surface area contributed by atoms with Crippen molar-refractivity contribution in [2.24, 2.45) is 0 Å². The fraction of sp³-hybridized carbons (Fsp3) is 0.474. The average Bonchev–Trinajstić information content (AvgIpc) is 2.69. The van der Waals surface area contributed by atoms with E-state index >= 15 is 0 Å². The van der Waals surface area contributed by atoms with Crippen molar-refractivity contribution < 1.29 is 33.8 Å². The van der Waals surface area contributed by atoms with Gasteiger partial charge in [0.2, 0.25) is 11.8 Å². The number of carbonyl (C=O) groups is 4. The summed E-state index contributed by atoms with van der Waals surface area (Å²) in [7, 11) is 1.19. The number of amides is 3. The topological polar surface area (TPSA) is 143 Å². The molecule has 0 saturated carbocycles. The molecule has 0 unspecified atom stereocenters. The van der Waals surface area contributed by atoms with E-state index in [9.17, 15) is 24.3 Å². The Bertz CT molecular complexity index is 709. The summed E-state index contributed by atoms with van der Waals surface area (Å²) in [5, 5.41) is 16.8. The molecule has 0 bridgehead atoms. The Morgan fingerprint density at radius 2 is 1.52 bits per heavy atom. The second-order valence-corrected chi connectivity index (χ2v) is 6.41. The van der Waals surface area contributed by atoms with Crippen LogP contribution in [0.2, 0.25) is 0 Å². The van der Waals surface area contributed by atoms with Crippen LogP contribution in [0.3, 0.4) is 0 Å². The monoisotopic (exact) mass is 409 g/mol. The number of methoxy groups -OCH3 is 1. The molecule has 160 valence electrons. The summed E-state index contributed by atoms with van der Waals surface area (Å²) in [5.74, 6) is -2.06. The molecule has 0 saturated heterocycles. The van der Waals surface area contributed by atoms with Gasteiger partial charge in [-0.2, -0.15) is 0 Å². The summed E-state index contributed by atoms with van der Waals surface area (Å²) in [6, 6.07) is 5.66. The Morgan fingerprint density at radius 1 is 0.931 bits per heavy atom. The highest BCUT2D eigenvalue weighted by Crippen LogP contribution is 2.02. The number of esters is 1. The molecule has 29 heavy (non-hydrogen) atoms. The molecule has 0 aromatic heterocycles. The highest BCUT2D eigenvalue weighted by Gasteiger charge is 2.29. The molecular weight excluding hydrogens is 382 g/mol. The van der Waals surface area contributed by atoms with Gasteiger partial charge >= 0.3 is 12.1 Å². The molecular formula is C19H27N3O7. The Labute approximate surface area is 168 Å². The highest BCUT2D eigenvalue weighted by molar-refractivity contribution is 5.92. The van der Waals surface area contributed by atoms with Gasteiger partial charge in [-0.3, -0.25) is 9.59 Å². The van der Waals surface area contributed by atoms with Gasteiger partial charge in [0.1, 0.15) is 24.7 Å². The predicted molar refractivity (Wildman–Crippen MR) is 102 cm³/mol. The van der Waals surface area contributed by atoms with E-state index in [1.165, 1.54) is 27.9 Å². The molecule has 1 aromatic carbocycles. The van der Waals surface area contributed by atoms with Gasteiger partial charge in [-0.25, -0.2) is 9.59 Å². The van der Waals surface area contributed by atoms with E-state index in [2.05, 4.69) is 20.7 Å². The molecule has 10 nitrogen and oxygen atoms in total. The number of aliphatic hydroxyl groups is 1. The van der Waals surface area contributed by atoms with Crippen LogP contribution in [0.5, 0.6) is 0 Å². The average molecular weight is 409 g/mol. The molecule has 0 radical (unpaired) electrons. The third-order valence-corrected chi connectivity index (χ3v) is 3.92. The maximum absolute atomic E-state index is 12.4. The van der Waals surface area contributed by atoms with Crippen LogP contribution in [0.15, 0.2) is 30.3 Å². The van der Waals surface area contributed by atoms with Crippen molar-refractivity contribution in [3.05, 3.63) is 35.9 Å². The van der Waals surface area contributed by atoms with E-state index in [0.717, 1.165) is 5.56 Å². The summed E-state index contributed by atoms with van der Waals surface area (Å²) in [6.07, 6.45) is -2.14. The lowest BCUT2D eigenvalue weighted by Gasteiger charge is -2.23. The van der Waals surface area contributed by atoms with Gasteiger partial charge in [-0.15, -0.1) is 0 Å². The minimum absolute atomic E-state index is 0.00888. The van der Waals surface area contributed by atoms with Gasteiger partial charge in [0, 0.05) is 0 Å². The predicted octanol–water partition coefficient (Wildman–Crippen LogP) is -0.155. The Hall–Kier alpha value is -3.14. The molecule has 0 aliphatic heterocycles. The fourth-order valence-corrected chi connectivity index (χ4v) is 2.24. The normalized spacial score (nSPS) is 14.5. The lowest BCUT2D eigenvalue weighted by atomic mass is 10.1. The Kier molecular flexibility index (Phi) is 9.60. The number of hydrogen-bond donors (Lipinski definition) is 4. The lowest BCUT2D eigenvalue weighted by molar-refractivity contribution is -0.144. The molecule has 0 fully saturated rings. The summed E-state index contributed by atoms with van der Waals surface area (Å²) < 4.78 is 9.54. The Morgan fingerprint density at radius 3 is 2.07 bits per heavy atom. The van der Waals surface area contributed by atoms with Crippen molar-refractivity contribution >= 4 is 23.9 Å². The van der Waals surface area contributed by atoms with Crippen LogP contribution in [-0.2, 0) is 30.5 Å². The van der Waals surface area contributed by atoms with E-state index < -0.39 is 48.1 Å². The summed E-state index contributed by atoms with van der Waals surface area (Å²) in [4.78, 5) is 47.8. The van der Waals surface area contributed by atoms with Gasteiger partial charge in [-0.1, -0.05) is 30.3 Å². The van der Waals surface area contributed by atoms with Crippen LogP contribution >= 0.6 is 0 Å². The minimum atomic E-state index is -1.34. The molecule has 0 aliphatic rings. The molecule has 3 amide bonds. The molecule has 1 rings (SSSR count). The van der Waals surface area contributed by atoms with Crippen molar-refractivity contribution in [3.8, 4) is 0 Å². The first kappa shape index (κ1) is 23.9. The van der Waals surface area contributed by atoms with Gasteiger partial charge in [0.15, 0.2) is 0 Å². The highest BCUT2D eigenvalue weighted by atomic mass is 16.5. The first-order chi connectivity index (χ1) is 13.6. The van der Waals surface area contributed by atoms with Gasteiger partial charge in [0.05, 0.1) is 13.2 Å². The van der Waals surface area contributed by atoms with Crippen molar-refractivity contribution in [2.75, 3.05) is 7.11 Å². The van der Waals surface area contributed by atoms with Gasteiger partial charge in [0.25, 0.3) is 0 Å². The zero-order valence-electron chi connectivity index (χ0n) is 16.8. The molecule has 0 spiro atoms. The molecule has 0 heterocycles. The number of ether oxygens (including phenoxy) is 2. The quantitative estimate of drug-likeness (QED) is 0.415. The molecule has 1 aromatic rings. The number of rotatable bonds is 9. The van der Waals surface area contributed by atoms with E-state index in [1.54, 1.807) is 24.3 Å². The third kappa shape index (κ3) is 8.18. The summed E-state index contributed by atoms with van der Waals surface area (Å²) >= 11 is 0. The van der Waals surface area contributed by atoms with Crippen molar-refractivity contribution in [2.45, 2.75) is 51.6 Å².